The van der Waals surface area contributed by atoms with Crippen LogP contribution in [0.15, 0.2) is 121 Å². The van der Waals surface area contributed by atoms with Gasteiger partial charge in [-0.05, 0) is 67.6 Å². The van der Waals surface area contributed by atoms with Crippen LogP contribution in [0.2, 0.25) is 0 Å². The minimum Gasteiger partial charge on any atom is -0.209 e. The van der Waals surface area contributed by atoms with E-state index in [4.69, 9.17) is 15.0 Å². The van der Waals surface area contributed by atoms with E-state index in [0.29, 0.717) is 5.92 Å². The number of aromatic nitrogens is 3. The molecule has 192 valence electrons. The topological polar surface area (TPSA) is 38.7 Å². The van der Waals surface area contributed by atoms with Crippen molar-refractivity contribution in [3.63, 3.8) is 0 Å². The van der Waals surface area contributed by atoms with Crippen LogP contribution in [0.4, 0.5) is 0 Å². The highest BCUT2D eigenvalue weighted by Crippen LogP contribution is 2.34. The Bertz CT molecular complexity index is 1560. The molecule has 1 unspecified atom stereocenters. The van der Waals surface area contributed by atoms with Gasteiger partial charge in [0.1, 0.15) is 0 Å². The molecule has 6 rings (SSSR count). The van der Waals surface area contributed by atoms with Crippen molar-refractivity contribution in [2.75, 3.05) is 0 Å². The molecule has 3 nitrogen and oxygen atoms in total. The van der Waals surface area contributed by atoms with E-state index >= 15 is 0 Å². The standard InChI is InChI=1S/C35H32N3P/c1-25-16-20-27(21-17-25)33-36-34(28-22-18-26(2)19-23-28)38-35(37-33)29-10-9-15-32(24-29)39(30-11-5-3-6-12-30)31-13-7-4-8-14-31/h3-16,18,20-22,24-25H,17,19,23H2,1-2H3. The number of rotatable bonds is 6. The van der Waals surface area contributed by atoms with Gasteiger partial charge in [0.05, 0.1) is 0 Å². The molecule has 39 heavy (non-hydrogen) atoms. The van der Waals surface area contributed by atoms with Crippen LogP contribution in [0.1, 0.15) is 44.8 Å². The molecule has 0 aliphatic heterocycles. The van der Waals surface area contributed by atoms with Crippen molar-refractivity contribution in [2.24, 2.45) is 5.92 Å². The maximum atomic E-state index is 5.04. The first-order valence-corrected chi connectivity index (χ1v) is 15.0. The molecule has 4 heteroatoms. The molecule has 0 saturated carbocycles. The Hall–Kier alpha value is -3.94. The number of hydrogen-bond donors (Lipinski definition) is 0. The van der Waals surface area contributed by atoms with Gasteiger partial charge >= 0.3 is 0 Å². The zero-order valence-electron chi connectivity index (χ0n) is 22.5. The summed E-state index contributed by atoms with van der Waals surface area (Å²) in [6.07, 6.45) is 14.0. The predicted octanol–water partition coefficient (Wildman–Crippen LogP) is 7.40. The highest BCUT2D eigenvalue weighted by Gasteiger charge is 2.20. The molecule has 0 fully saturated rings. The van der Waals surface area contributed by atoms with Crippen LogP contribution in [-0.2, 0) is 0 Å². The van der Waals surface area contributed by atoms with Crippen LogP contribution < -0.4 is 15.9 Å². The lowest BCUT2D eigenvalue weighted by Gasteiger charge is -2.20. The fourth-order valence-corrected chi connectivity index (χ4v) is 7.32. The predicted molar refractivity (Wildman–Crippen MR) is 166 cm³/mol. The molecular weight excluding hydrogens is 493 g/mol. The molecule has 0 saturated heterocycles. The lowest BCUT2D eigenvalue weighted by atomic mass is 9.97. The summed E-state index contributed by atoms with van der Waals surface area (Å²) in [5.41, 5.74) is 4.66. The van der Waals surface area contributed by atoms with Crippen LogP contribution in [-0.4, -0.2) is 15.0 Å². The van der Waals surface area contributed by atoms with Crippen LogP contribution in [0.25, 0.3) is 22.5 Å². The second-order valence-corrected chi connectivity index (χ2v) is 12.5. The number of allylic oxidation sites excluding steroid dienone is 8. The monoisotopic (exact) mass is 525 g/mol. The molecule has 2 aliphatic carbocycles. The summed E-state index contributed by atoms with van der Waals surface area (Å²) in [7, 11) is -0.715. The molecule has 0 N–H and O–H groups in total. The van der Waals surface area contributed by atoms with Crippen LogP contribution in [0.3, 0.4) is 0 Å². The molecule has 3 aromatic carbocycles. The third-order valence-corrected chi connectivity index (χ3v) is 9.67. The van der Waals surface area contributed by atoms with Gasteiger partial charge in [0.15, 0.2) is 17.5 Å². The lowest BCUT2D eigenvalue weighted by Crippen LogP contribution is -2.20. The summed E-state index contributed by atoms with van der Waals surface area (Å²) < 4.78 is 0. The number of benzene rings is 3. The van der Waals surface area contributed by atoms with Crippen LogP contribution in [0, 0.1) is 5.92 Å². The normalized spacial score (nSPS) is 17.0. The summed E-state index contributed by atoms with van der Waals surface area (Å²) >= 11 is 0. The molecule has 1 aromatic heterocycles. The average molecular weight is 526 g/mol. The SMILES string of the molecule is CC1=CC=C(c2nc(C3=CCC(C)C=C3)nc(-c3cccc(P(c4ccccc4)c4ccccc4)c3)n2)CC1. The van der Waals surface area contributed by atoms with E-state index in [9.17, 15) is 0 Å². The van der Waals surface area contributed by atoms with Gasteiger partial charge in [0.2, 0.25) is 0 Å². The van der Waals surface area contributed by atoms with Crippen molar-refractivity contribution >= 4 is 35.0 Å². The lowest BCUT2D eigenvalue weighted by molar-refractivity contribution is 0.738. The Kier molecular flexibility index (Phi) is 7.43. The summed E-state index contributed by atoms with van der Waals surface area (Å²) in [4.78, 5) is 15.0. The van der Waals surface area contributed by atoms with Crippen molar-refractivity contribution in [2.45, 2.75) is 33.1 Å². The Labute approximate surface area is 232 Å². The van der Waals surface area contributed by atoms with Gasteiger partial charge in [-0.25, -0.2) is 15.0 Å². The molecule has 0 radical (unpaired) electrons. The first-order chi connectivity index (χ1) is 19.1. The minimum atomic E-state index is -0.715. The van der Waals surface area contributed by atoms with Crippen molar-refractivity contribution in [3.8, 4) is 11.4 Å². The van der Waals surface area contributed by atoms with E-state index in [1.165, 1.54) is 27.1 Å². The number of hydrogen-bond acceptors (Lipinski definition) is 3. The van der Waals surface area contributed by atoms with E-state index in [0.717, 1.165) is 47.9 Å². The van der Waals surface area contributed by atoms with Gasteiger partial charge in [0.25, 0.3) is 0 Å². The molecule has 4 aromatic rings. The smallest absolute Gasteiger partial charge is 0.164 e. The first-order valence-electron chi connectivity index (χ1n) is 13.7. The Morgan fingerprint density at radius 3 is 2.00 bits per heavy atom. The fourth-order valence-electron chi connectivity index (χ4n) is 4.98. The molecule has 0 amide bonds. The second-order valence-electron chi connectivity index (χ2n) is 10.3. The Morgan fingerprint density at radius 2 is 1.36 bits per heavy atom. The average Bonchev–Trinajstić information content (AvgIpc) is 2.99. The third kappa shape index (κ3) is 5.75. The van der Waals surface area contributed by atoms with Crippen LogP contribution in [0.5, 0.6) is 0 Å². The zero-order valence-corrected chi connectivity index (χ0v) is 23.4. The van der Waals surface area contributed by atoms with Gasteiger partial charge in [-0.15, -0.1) is 0 Å². The maximum absolute atomic E-state index is 5.04. The van der Waals surface area contributed by atoms with Crippen molar-refractivity contribution < 1.29 is 0 Å². The van der Waals surface area contributed by atoms with Crippen molar-refractivity contribution in [3.05, 3.63) is 133 Å². The number of nitrogens with zero attached hydrogens (tertiary/aromatic N) is 3. The highest BCUT2D eigenvalue weighted by atomic mass is 31.1. The summed E-state index contributed by atoms with van der Waals surface area (Å²) in [5, 5.41) is 3.94. The van der Waals surface area contributed by atoms with Gasteiger partial charge in [-0.1, -0.05) is 122 Å². The minimum absolute atomic E-state index is 0.538. The van der Waals surface area contributed by atoms with Crippen LogP contribution >= 0.6 is 7.92 Å². The van der Waals surface area contributed by atoms with E-state index in [-0.39, 0.29) is 0 Å². The van der Waals surface area contributed by atoms with E-state index in [2.05, 4.69) is 129 Å². The third-order valence-electron chi connectivity index (χ3n) is 7.24. The quantitative estimate of drug-likeness (QED) is 0.246. The van der Waals surface area contributed by atoms with Gasteiger partial charge in [-0.2, -0.15) is 0 Å². The Balaban J connectivity index is 1.47. The summed E-state index contributed by atoms with van der Waals surface area (Å²) in [6, 6.07) is 30.4. The van der Waals surface area contributed by atoms with E-state index in [1.54, 1.807) is 0 Å². The largest absolute Gasteiger partial charge is 0.209 e. The Morgan fingerprint density at radius 1 is 0.692 bits per heavy atom. The molecule has 0 spiro atoms. The van der Waals surface area contributed by atoms with Gasteiger partial charge < -0.3 is 0 Å². The molecule has 0 bridgehead atoms. The van der Waals surface area contributed by atoms with Crippen molar-refractivity contribution in [1.29, 1.82) is 0 Å². The fraction of sp³-hybridized carbons (Fsp3) is 0.171. The maximum Gasteiger partial charge on any atom is 0.164 e. The molecule has 1 atom stereocenters. The first kappa shape index (κ1) is 25.3. The van der Waals surface area contributed by atoms with Gasteiger partial charge in [-0.3, -0.25) is 0 Å². The van der Waals surface area contributed by atoms with E-state index < -0.39 is 7.92 Å². The van der Waals surface area contributed by atoms with Crippen molar-refractivity contribution in [1.82, 2.24) is 15.0 Å². The molecular formula is C35H32N3P. The highest BCUT2D eigenvalue weighted by molar-refractivity contribution is 7.79. The molecule has 1 heterocycles. The van der Waals surface area contributed by atoms with E-state index in [1.807, 2.05) is 0 Å². The summed E-state index contributed by atoms with van der Waals surface area (Å²) in [6.45, 7) is 4.41. The summed E-state index contributed by atoms with van der Waals surface area (Å²) in [5.74, 6) is 2.80. The van der Waals surface area contributed by atoms with Gasteiger partial charge in [0, 0.05) is 11.1 Å². The second kappa shape index (κ2) is 11.4. The molecule has 2 aliphatic rings. The zero-order chi connectivity index (χ0) is 26.6.